The van der Waals surface area contributed by atoms with E-state index in [9.17, 15) is 22.8 Å². The molecule has 2 fully saturated rings. The lowest BCUT2D eigenvalue weighted by atomic mass is 10.1. The molecule has 2 aliphatic rings. The Labute approximate surface area is 162 Å². The summed E-state index contributed by atoms with van der Waals surface area (Å²) in [6, 6.07) is 4.51. The minimum atomic E-state index is -4.48. The summed E-state index contributed by atoms with van der Waals surface area (Å²) in [4.78, 5) is 28.2. The molecule has 0 spiro atoms. The number of amides is 2. The Balaban J connectivity index is 0.00000261. The fraction of sp³-hybridized carbons (Fsp3) is 0.556. The molecule has 27 heavy (non-hydrogen) atoms. The number of carbonyl (C=O) groups is 2. The molecule has 1 aliphatic carbocycles. The zero-order valence-corrected chi connectivity index (χ0v) is 15.6. The predicted molar refractivity (Wildman–Crippen MR) is 96.5 cm³/mol. The molecular weight excluding hydrogens is 383 g/mol. The SMILES string of the molecule is Cl.NC1CCC(C(=O)N2CCN(C(=O)c3cccc(C(F)(F)F)c3)CC2)C1. The number of nitrogens with two attached hydrogens (primary N) is 1. The van der Waals surface area contributed by atoms with Crippen molar-refractivity contribution in [3.8, 4) is 0 Å². The Kier molecular flexibility index (Phi) is 6.75. The maximum Gasteiger partial charge on any atom is 0.416 e. The van der Waals surface area contributed by atoms with E-state index in [2.05, 4.69) is 0 Å². The number of hydrogen-bond acceptors (Lipinski definition) is 3. The fourth-order valence-electron chi connectivity index (χ4n) is 3.64. The summed E-state index contributed by atoms with van der Waals surface area (Å²) in [6.07, 6.45) is -2.14. The van der Waals surface area contributed by atoms with Crippen LogP contribution in [0.3, 0.4) is 0 Å². The molecule has 5 nitrogen and oxygen atoms in total. The monoisotopic (exact) mass is 405 g/mol. The smallest absolute Gasteiger partial charge is 0.339 e. The van der Waals surface area contributed by atoms with E-state index in [1.165, 1.54) is 17.0 Å². The van der Waals surface area contributed by atoms with Gasteiger partial charge in [0.15, 0.2) is 0 Å². The lowest BCUT2D eigenvalue weighted by molar-refractivity contribution is -0.138. The van der Waals surface area contributed by atoms with Crippen LogP contribution in [0.2, 0.25) is 0 Å². The Morgan fingerprint density at radius 3 is 2.22 bits per heavy atom. The van der Waals surface area contributed by atoms with Crippen LogP contribution in [0.1, 0.15) is 35.2 Å². The van der Waals surface area contributed by atoms with Crippen LogP contribution in [-0.4, -0.2) is 53.8 Å². The minimum absolute atomic E-state index is 0. The number of halogens is 4. The molecule has 1 saturated heterocycles. The molecule has 0 radical (unpaired) electrons. The first-order valence-electron chi connectivity index (χ1n) is 8.76. The Hall–Kier alpha value is -1.80. The number of hydrogen-bond donors (Lipinski definition) is 1. The first kappa shape index (κ1) is 21.5. The molecular formula is C18H23ClF3N3O2. The van der Waals surface area contributed by atoms with Crippen molar-refractivity contribution in [3.05, 3.63) is 35.4 Å². The van der Waals surface area contributed by atoms with Gasteiger partial charge in [0.2, 0.25) is 5.91 Å². The van der Waals surface area contributed by atoms with Crippen molar-refractivity contribution in [1.29, 1.82) is 0 Å². The highest BCUT2D eigenvalue weighted by Gasteiger charge is 2.34. The van der Waals surface area contributed by atoms with E-state index in [4.69, 9.17) is 5.73 Å². The molecule has 2 atom stereocenters. The highest BCUT2D eigenvalue weighted by atomic mass is 35.5. The van der Waals surface area contributed by atoms with E-state index < -0.39 is 17.6 Å². The second-order valence-electron chi connectivity index (χ2n) is 6.97. The minimum Gasteiger partial charge on any atom is -0.339 e. The third-order valence-corrected chi connectivity index (χ3v) is 5.14. The van der Waals surface area contributed by atoms with E-state index >= 15 is 0 Å². The first-order valence-corrected chi connectivity index (χ1v) is 8.76. The predicted octanol–water partition coefficient (Wildman–Crippen LogP) is 2.54. The molecule has 2 unspecified atom stereocenters. The molecule has 0 bridgehead atoms. The third-order valence-electron chi connectivity index (χ3n) is 5.14. The lowest BCUT2D eigenvalue weighted by Crippen LogP contribution is -2.51. The highest BCUT2D eigenvalue weighted by molar-refractivity contribution is 5.94. The van der Waals surface area contributed by atoms with Crippen LogP contribution in [0.4, 0.5) is 13.2 Å². The van der Waals surface area contributed by atoms with Gasteiger partial charge >= 0.3 is 6.18 Å². The maximum absolute atomic E-state index is 12.8. The maximum atomic E-state index is 12.8. The van der Waals surface area contributed by atoms with Gasteiger partial charge in [0.1, 0.15) is 0 Å². The number of carbonyl (C=O) groups excluding carboxylic acids is 2. The summed E-state index contributed by atoms with van der Waals surface area (Å²) in [5.41, 5.74) is 5.03. The van der Waals surface area contributed by atoms with Gasteiger partial charge in [-0.3, -0.25) is 9.59 Å². The molecule has 0 aromatic heterocycles. The van der Waals surface area contributed by atoms with Crippen molar-refractivity contribution in [2.24, 2.45) is 11.7 Å². The van der Waals surface area contributed by atoms with Gasteiger partial charge in [-0.05, 0) is 37.5 Å². The molecule has 2 amide bonds. The zero-order valence-electron chi connectivity index (χ0n) is 14.7. The summed E-state index contributed by atoms with van der Waals surface area (Å²) in [6.45, 7) is 1.43. The normalized spacial score (nSPS) is 23.1. The molecule has 1 aromatic rings. The third kappa shape index (κ3) is 4.93. The number of benzene rings is 1. The van der Waals surface area contributed by atoms with E-state index in [0.717, 1.165) is 25.0 Å². The molecule has 150 valence electrons. The van der Waals surface area contributed by atoms with E-state index in [-0.39, 0.29) is 35.8 Å². The zero-order chi connectivity index (χ0) is 18.9. The van der Waals surface area contributed by atoms with Gasteiger partial charge in [-0.2, -0.15) is 13.2 Å². The van der Waals surface area contributed by atoms with E-state index in [1.807, 2.05) is 0 Å². The standard InChI is InChI=1S/C18H22F3N3O2.ClH/c19-18(20,21)14-3-1-2-12(10-14)16(25)23-6-8-24(9-7-23)17(26)13-4-5-15(22)11-13;/h1-3,10,13,15H,4-9,11,22H2;1H. The van der Waals surface area contributed by atoms with Gasteiger partial charge in [-0.15, -0.1) is 12.4 Å². The van der Waals surface area contributed by atoms with Crippen LogP contribution in [-0.2, 0) is 11.0 Å². The van der Waals surface area contributed by atoms with Crippen LogP contribution < -0.4 is 5.73 Å². The van der Waals surface area contributed by atoms with Crippen molar-refractivity contribution >= 4 is 24.2 Å². The fourth-order valence-corrected chi connectivity index (χ4v) is 3.64. The quantitative estimate of drug-likeness (QED) is 0.822. The molecule has 2 N–H and O–H groups in total. The van der Waals surface area contributed by atoms with Crippen molar-refractivity contribution in [3.63, 3.8) is 0 Å². The first-order chi connectivity index (χ1) is 12.3. The highest BCUT2D eigenvalue weighted by Crippen LogP contribution is 2.30. The molecule has 3 rings (SSSR count). The van der Waals surface area contributed by atoms with Crippen molar-refractivity contribution in [2.75, 3.05) is 26.2 Å². The Morgan fingerprint density at radius 1 is 1.04 bits per heavy atom. The van der Waals surface area contributed by atoms with Crippen molar-refractivity contribution in [1.82, 2.24) is 9.80 Å². The second kappa shape index (κ2) is 8.48. The summed E-state index contributed by atoms with van der Waals surface area (Å²) < 4.78 is 38.4. The van der Waals surface area contributed by atoms with Gasteiger partial charge in [0.05, 0.1) is 5.56 Å². The summed E-state index contributed by atoms with van der Waals surface area (Å²) in [7, 11) is 0. The molecule has 1 heterocycles. The molecule has 1 aromatic carbocycles. The van der Waals surface area contributed by atoms with Crippen LogP contribution in [0.25, 0.3) is 0 Å². The van der Waals surface area contributed by atoms with Crippen LogP contribution in [0.15, 0.2) is 24.3 Å². The second-order valence-corrected chi connectivity index (χ2v) is 6.97. The summed E-state index contributed by atoms with van der Waals surface area (Å²) >= 11 is 0. The lowest BCUT2D eigenvalue weighted by Gasteiger charge is -2.36. The number of nitrogens with zero attached hydrogens (tertiary/aromatic N) is 2. The van der Waals surface area contributed by atoms with Gasteiger partial charge < -0.3 is 15.5 Å². The molecule has 1 aliphatic heterocycles. The Morgan fingerprint density at radius 2 is 1.67 bits per heavy atom. The number of piperazine rings is 1. The Bertz CT molecular complexity index is 691. The molecule has 1 saturated carbocycles. The molecule has 9 heteroatoms. The van der Waals surface area contributed by atoms with Gasteiger partial charge in [-0.25, -0.2) is 0 Å². The average molecular weight is 406 g/mol. The number of rotatable bonds is 2. The summed E-state index contributed by atoms with van der Waals surface area (Å²) in [5.74, 6) is -0.411. The van der Waals surface area contributed by atoms with Crippen molar-refractivity contribution in [2.45, 2.75) is 31.5 Å². The van der Waals surface area contributed by atoms with Crippen LogP contribution >= 0.6 is 12.4 Å². The van der Waals surface area contributed by atoms with Gasteiger partial charge in [-0.1, -0.05) is 6.07 Å². The van der Waals surface area contributed by atoms with E-state index in [1.54, 1.807) is 4.90 Å². The number of alkyl halides is 3. The topological polar surface area (TPSA) is 66.6 Å². The van der Waals surface area contributed by atoms with Gasteiger partial charge in [0, 0.05) is 43.7 Å². The van der Waals surface area contributed by atoms with Crippen LogP contribution in [0.5, 0.6) is 0 Å². The largest absolute Gasteiger partial charge is 0.416 e. The van der Waals surface area contributed by atoms with Gasteiger partial charge in [0.25, 0.3) is 5.91 Å². The average Bonchev–Trinajstić information content (AvgIpc) is 3.06. The van der Waals surface area contributed by atoms with E-state index in [0.29, 0.717) is 32.6 Å². The van der Waals surface area contributed by atoms with Crippen molar-refractivity contribution < 1.29 is 22.8 Å². The summed E-state index contributed by atoms with van der Waals surface area (Å²) in [5, 5.41) is 0. The van der Waals surface area contributed by atoms with Crippen LogP contribution in [0, 0.1) is 5.92 Å².